The third-order valence-corrected chi connectivity index (χ3v) is 4.48. The number of benzene rings is 2. The molecule has 0 atom stereocenters. The van der Waals surface area contributed by atoms with Gasteiger partial charge < -0.3 is 15.4 Å². The molecule has 1 saturated carbocycles. The molecule has 2 aromatic rings. The minimum atomic E-state index is 0.0195. The summed E-state index contributed by atoms with van der Waals surface area (Å²) in [7, 11) is 0. The molecule has 1 aliphatic rings. The fourth-order valence-corrected chi connectivity index (χ4v) is 2.86. The first-order valence-corrected chi connectivity index (χ1v) is 8.51. The lowest BCUT2D eigenvalue weighted by atomic mass is 9.96. The number of nitrogens with one attached hydrogen (secondary N) is 2. The van der Waals surface area contributed by atoms with Crippen LogP contribution in [0.15, 0.2) is 54.6 Å². The molecule has 4 heteroatoms. The van der Waals surface area contributed by atoms with Crippen LogP contribution in [-0.2, 0) is 10.2 Å². The van der Waals surface area contributed by atoms with Crippen LogP contribution in [0.2, 0.25) is 0 Å². The van der Waals surface area contributed by atoms with Gasteiger partial charge in [-0.1, -0.05) is 30.3 Å². The Bertz CT molecular complexity index is 664. The highest BCUT2D eigenvalue weighted by atomic mass is 16.5. The highest BCUT2D eigenvalue weighted by Crippen LogP contribution is 2.47. The Hall–Kier alpha value is -2.49. The van der Waals surface area contributed by atoms with E-state index >= 15 is 0 Å². The van der Waals surface area contributed by atoms with Crippen LogP contribution in [0, 0.1) is 0 Å². The van der Waals surface area contributed by atoms with Crippen LogP contribution in [0.3, 0.4) is 0 Å². The summed E-state index contributed by atoms with van der Waals surface area (Å²) in [5.41, 5.74) is 2.39. The second-order valence-corrected chi connectivity index (χ2v) is 6.23. The molecular weight excluding hydrogens is 300 g/mol. The van der Waals surface area contributed by atoms with Gasteiger partial charge in [0.2, 0.25) is 5.91 Å². The third kappa shape index (κ3) is 4.07. The number of carbonyl (C=O) groups excluding carboxylic acids is 1. The second kappa shape index (κ2) is 7.39. The molecule has 0 aliphatic heterocycles. The Morgan fingerprint density at radius 2 is 1.79 bits per heavy atom. The Kier molecular flexibility index (Phi) is 5.04. The maximum atomic E-state index is 12.1. The van der Waals surface area contributed by atoms with Crippen molar-refractivity contribution in [3.63, 3.8) is 0 Å². The van der Waals surface area contributed by atoms with Gasteiger partial charge in [0.1, 0.15) is 5.75 Å². The number of rotatable bonds is 8. The number of carbonyl (C=O) groups is 1. The molecule has 0 unspecified atom stereocenters. The predicted octanol–water partition coefficient (Wildman–Crippen LogP) is 3.35. The largest absolute Gasteiger partial charge is 0.494 e. The lowest BCUT2D eigenvalue weighted by Gasteiger charge is -2.17. The summed E-state index contributed by atoms with van der Waals surface area (Å²) in [6.45, 7) is 3.59. The molecule has 24 heavy (non-hydrogen) atoms. The molecule has 0 radical (unpaired) electrons. The maximum absolute atomic E-state index is 12.1. The van der Waals surface area contributed by atoms with E-state index in [1.165, 1.54) is 5.56 Å². The average molecular weight is 324 g/mol. The molecule has 1 amide bonds. The zero-order chi connectivity index (χ0) is 16.8. The van der Waals surface area contributed by atoms with Gasteiger partial charge >= 0.3 is 0 Å². The number of hydrogen-bond acceptors (Lipinski definition) is 3. The SMILES string of the molecule is CCOc1ccc(NCC(=O)NCC2(c3ccccc3)CC2)cc1. The van der Waals surface area contributed by atoms with E-state index in [2.05, 4.69) is 34.9 Å². The van der Waals surface area contributed by atoms with E-state index < -0.39 is 0 Å². The van der Waals surface area contributed by atoms with Crippen molar-refractivity contribution in [2.45, 2.75) is 25.2 Å². The smallest absolute Gasteiger partial charge is 0.239 e. The van der Waals surface area contributed by atoms with E-state index in [1.807, 2.05) is 37.3 Å². The summed E-state index contributed by atoms with van der Waals surface area (Å²) < 4.78 is 5.40. The van der Waals surface area contributed by atoms with Crippen molar-refractivity contribution < 1.29 is 9.53 Å². The molecule has 0 spiro atoms. The summed E-state index contributed by atoms with van der Waals surface area (Å²) >= 11 is 0. The quantitative estimate of drug-likeness (QED) is 0.783. The van der Waals surface area contributed by atoms with Gasteiger partial charge in [-0.2, -0.15) is 0 Å². The Morgan fingerprint density at radius 1 is 1.08 bits per heavy atom. The number of amides is 1. The standard InChI is InChI=1S/C20H24N2O2/c1-2-24-18-10-8-17(9-11-18)21-14-19(23)22-15-20(12-13-20)16-6-4-3-5-7-16/h3-11,21H,2,12-15H2,1H3,(H,22,23). The monoisotopic (exact) mass is 324 g/mol. The summed E-state index contributed by atoms with van der Waals surface area (Å²) in [6.07, 6.45) is 2.28. The number of anilines is 1. The van der Waals surface area contributed by atoms with Crippen molar-refractivity contribution in [3.8, 4) is 5.75 Å². The zero-order valence-electron chi connectivity index (χ0n) is 14.0. The van der Waals surface area contributed by atoms with Crippen molar-refractivity contribution in [2.24, 2.45) is 0 Å². The summed E-state index contributed by atoms with van der Waals surface area (Å²) in [5.74, 6) is 0.858. The molecule has 2 N–H and O–H groups in total. The highest BCUT2D eigenvalue weighted by molar-refractivity contribution is 5.80. The number of ether oxygens (including phenoxy) is 1. The Labute approximate surface area is 143 Å². The van der Waals surface area contributed by atoms with Gasteiger partial charge in [-0.05, 0) is 49.6 Å². The normalized spacial score (nSPS) is 14.7. The van der Waals surface area contributed by atoms with Crippen molar-refractivity contribution in [1.29, 1.82) is 0 Å². The maximum Gasteiger partial charge on any atom is 0.239 e. The molecule has 3 rings (SSSR count). The highest BCUT2D eigenvalue weighted by Gasteiger charge is 2.44. The van der Waals surface area contributed by atoms with E-state index in [0.717, 1.165) is 24.3 Å². The number of hydrogen-bond donors (Lipinski definition) is 2. The van der Waals surface area contributed by atoms with Crippen LogP contribution in [0.4, 0.5) is 5.69 Å². The first-order chi connectivity index (χ1) is 11.7. The minimum Gasteiger partial charge on any atom is -0.494 e. The molecule has 0 bridgehead atoms. The van der Waals surface area contributed by atoms with Crippen molar-refractivity contribution >= 4 is 11.6 Å². The van der Waals surface area contributed by atoms with Crippen LogP contribution < -0.4 is 15.4 Å². The van der Waals surface area contributed by atoms with E-state index in [4.69, 9.17) is 4.74 Å². The molecular formula is C20H24N2O2. The molecule has 1 fully saturated rings. The van der Waals surface area contributed by atoms with Gasteiger partial charge in [-0.15, -0.1) is 0 Å². The first kappa shape index (κ1) is 16.4. The predicted molar refractivity (Wildman–Crippen MR) is 96.5 cm³/mol. The van der Waals surface area contributed by atoms with Crippen molar-refractivity contribution in [1.82, 2.24) is 5.32 Å². The Morgan fingerprint density at radius 3 is 2.42 bits per heavy atom. The third-order valence-electron chi connectivity index (χ3n) is 4.48. The molecule has 2 aromatic carbocycles. The van der Waals surface area contributed by atoms with Gasteiger partial charge in [0.15, 0.2) is 0 Å². The topological polar surface area (TPSA) is 50.4 Å². The van der Waals surface area contributed by atoms with Gasteiger partial charge in [-0.3, -0.25) is 4.79 Å². The van der Waals surface area contributed by atoms with Crippen molar-refractivity contribution in [3.05, 3.63) is 60.2 Å². The minimum absolute atomic E-state index is 0.0195. The van der Waals surface area contributed by atoms with E-state index in [1.54, 1.807) is 0 Å². The van der Waals surface area contributed by atoms with Gasteiger partial charge in [-0.25, -0.2) is 0 Å². The fraction of sp³-hybridized carbons (Fsp3) is 0.350. The van der Waals surface area contributed by atoms with Crippen LogP contribution in [0.5, 0.6) is 5.75 Å². The van der Waals surface area contributed by atoms with Crippen LogP contribution in [0.1, 0.15) is 25.3 Å². The summed E-state index contributed by atoms with van der Waals surface area (Å²) in [5, 5.41) is 6.20. The zero-order valence-corrected chi connectivity index (χ0v) is 14.0. The van der Waals surface area contributed by atoms with Crippen LogP contribution >= 0.6 is 0 Å². The van der Waals surface area contributed by atoms with Crippen LogP contribution in [0.25, 0.3) is 0 Å². The molecule has 0 saturated heterocycles. The van der Waals surface area contributed by atoms with Gasteiger partial charge in [0, 0.05) is 17.6 Å². The van der Waals surface area contributed by atoms with E-state index in [9.17, 15) is 4.79 Å². The van der Waals surface area contributed by atoms with Crippen LogP contribution in [-0.4, -0.2) is 25.6 Å². The second-order valence-electron chi connectivity index (χ2n) is 6.23. The molecule has 0 aromatic heterocycles. The molecule has 1 aliphatic carbocycles. The first-order valence-electron chi connectivity index (χ1n) is 8.51. The summed E-state index contributed by atoms with van der Waals surface area (Å²) in [6, 6.07) is 18.1. The van der Waals surface area contributed by atoms with Crippen molar-refractivity contribution in [2.75, 3.05) is 25.0 Å². The van der Waals surface area contributed by atoms with Gasteiger partial charge in [0.25, 0.3) is 0 Å². The van der Waals surface area contributed by atoms with E-state index in [0.29, 0.717) is 13.2 Å². The average Bonchev–Trinajstić information content (AvgIpc) is 3.42. The van der Waals surface area contributed by atoms with E-state index in [-0.39, 0.29) is 17.9 Å². The molecule has 126 valence electrons. The molecule has 0 heterocycles. The summed E-state index contributed by atoms with van der Waals surface area (Å²) in [4.78, 5) is 12.1. The fourth-order valence-electron chi connectivity index (χ4n) is 2.86. The Balaban J connectivity index is 1.45. The van der Waals surface area contributed by atoms with Gasteiger partial charge in [0.05, 0.1) is 13.2 Å². The molecule has 4 nitrogen and oxygen atoms in total. The lowest BCUT2D eigenvalue weighted by Crippen LogP contribution is -2.35. The lowest BCUT2D eigenvalue weighted by molar-refractivity contribution is -0.119.